The Bertz CT molecular complexity index is 509. The van der Waals surface area contributed by atoms with Crippen molar-refractivity contribution in [2.45, 2.75) is 51.0 Å². The third-order valence-electron chi connectivity index (χ3n) is 4.49. The van der Waals surface area contributed by atoms with E-state index in [0.717, 1.165) is 6.04 Å². The van der Waals surface area contributed by atoms with E-state index in [1.807, 2.05) is 11.3 Å². The Morgan fingerprint density at radius 1 is 1.00 bits per heavy atom. The van der Waals surface area contributed by atoms with Gasteiger partial charge in [-0.3, -0.25) is 0 Å². The molecule has 0 saturated carbocycles. The highest BCUT2D eigenvalue weighted by Gasteiger charge is 2.16. The van der Waals surface area contributed by atoms with Crippen LogP contribution in [0.5, 0.6) is 0 Å². The summed E-state index contributed by atoms with van der Waals surface area (Å²) in [6.45, 7) is 1.17. The van der Waals surface area contributed by atoms with Crippen LogP contribution in [0.3, 0.4) is 0 Å². The lowest BCUT2D eigenvalue weighted by Gasteiger charge is -2.16. The van der Waals surface area contributed by atoms with Gasteiger partial charge >= 0.3 is 0 Å². The van der Waals surface area contributed by atoms with Crippen molar-refractivity contribution >= 4 is 11.3 Å². The highest BCUT2D eigenvalue weighted by atomic mass is 32.1. The van der Waals surface area contributed by atoms with Crippen LogP contribution in [0.2, 0.25) is 0 Å². The van der Waals surface area contributed by atoms with E-state index in [0.29, 0.717) is 0 Å². The molecule has 1 aromatic heterocycles. The van der Waals surface area contributed by atoms with E-state index in [1.54, 1.807) is 10.4 Å². The van der Waals surface area contributed by atoms with Crippen molar-refractivity contribution < 1.29 is 0 Å². The van der Waals surface area contributed by atoms with E-state index >= 15 is 0 Å². The van der Waals surface area contributed by atoms with Gasteiger partial charge in [0.2, 0.25) is 0 Å². The second kappa shape index (κ2) is 7.77. The molecule has 0 aliphatic heterocycles. The normalized spacial score (nSPS) is 18.2. The molecule has 0 bridgehead atoms. The smallest absolute Gasteiger partial charge is 0.00778 e. The number of fused-ring (bicyclic) bond motifs is 1. The predicted octanol–water partition coefficient (Wildman–Crippen LogP) is 4.61. The average Bonchev–Trinajstić information content (AvgIpc) is 2.89. The molecule has 21 heavy (non-hydrogen) atoms. The molecule has 2 aromatic rings. The van der Waals surface area contributed by atoms with Crippen LogP contribution < -0.4 is 5.32 Å². The van der Waals surface area contributed by atoms with Crippen LogP contribution in [0.15, 0.2) is 41.8 Å². The Kier molecular flexibility index (Phi) is 5.47. The third kappa shape index (κ3) is 4.42. The average molecular weight is 299 g/mol. The Labute approximate surface area is 132 Å². The molecule has 1 aliphatic carbocycles. The Hall–Kier alpha value is -1.12. The second-order valence-electron chi connectivity index (χ2n) is 6.04. The van der Waals surface area contributed by atoms with Gasteiger partial charge < -0.3 is 5.32 Å². The van der Waals surface area contributed by atoms with Crippen LogP contribution in [0.4, 0.5) is 0 Å². The number of aryl methyl sites for hydroxylation is 3. The molecule has 0 spiro atoms. The molecule has 1 aliphatic rings. The summed E-state index contributed by atoms with van der Waals surface area (Å²) in [5.74, 6) is 0. The van der Waals surface area contributed by atoms with E-state index in [1.165, 1.54) is 57.1 Å². The van der Waals surface area contributed by atoms with Gasteiger partial charge in [-0.25, -0.2) is 0 Å². The molecule has 1 nitrogen and oxygen atoms in total. The standard InChI is InChI=1S/C19H25NS/c1-2-6-16(7-3-1)8-4-5-14-20-18-10-9-17-13-15-21-19(17)12-11-18/h1-3,6-7,13,15,18,20H,4-5,8-12,14H2. The van der Waals surface area contributed by atoms with Gasteiger partial charge in [0.1, 0.15) is 0 Å². The molecule has 2 heteroatoms. The Morgan fingerprint density at radius 3 is 2.76 bits per heavy atom. The molecular formula is C19H25NS. The number of unbranched alkanes of at least 4 members (excludes halogenated alkanes) is 1. The number of hydrogen-bond acceptors (Lipinski definition) is 2. The van der Waals surface area contributed by atoms with Crippen LogP contribution in [0, 0.1) is 0 Å². The maximum Gasteiger partial charge on any atom is 0.00778 e. The van der Waals surface area contributed by atoms with E-state index in [9.17, 15) is 0 Å². The number of nitrogens with one attached hydrogen (secondary N) is 1. The molecule has 0 radical (unpaired) electrons. The van der Waals surface area contributed by atoms with Gasteiger partial charge in [-0.15, -0.1) is 11.3 Å². The lowest BCUT2D eigenvalue weighted by molar-refractivity contribution is 0.455. The number of benzene rings is 1. The van der Waals surface area contributed by atoms with Crippen molar-refractivity contribution in [3.63, 3.8) is 0 Å². The minimum Gasteiger partial charge on any atom is -0.314 e. The second-order valence-corrected chi connectivity index (χ2v) is 7.04. The summed E-state index contributed by atoms with van der Waals surface area (Å²) >= 11 is 1.94. The van der Waals surface area contributed by atoms with Gasteiger partial charge in [-0.05, 0) is 74.1 Å². The largest absolute Gasteiger partial charge is 0.314 e. The van der Waals surface area contributed by atoms with Crippen molar-refractivity contribution in [1.29, 1.82) is 0 Å². The van der Waals surface area contributed by atoms with Crippen LogP contribution in [-0.2, 0) is 19.3 Å². The molecule has 1 atom stereocenters. The summed E-state index contributed by atoms with van der Waals surface area (Å²) < 4.78 is 0. The van der Waals surface area contributed by atoms with Crippen LogP contribution >= 0.6 is 11.3 Å². The first-order valence-corrected chi connectivity index (χ1v) is 9.12. The molecule has 1 heterocycles. The topological polar surface area (TPSA) is 12.0 Å². The van der Waals surface area contributed by atoms with Crippen molar-refractivity contribution in [2.75, 3.05) is 6.54 Å². The molecular weight excluding hydrogens is 274 g/mol. The Balaban J connectivity index is 1.32. The zero-order chi connectivity index (χ0) is 14.3. The highest BCUT2D eigenvalue weighted by Crippen LogP contribution is 2.25. The molecule has 1 N–H and O–H groups in total. The zero-order valence-corrected chi connectivity index (χ0v) is 13.5. The van der Waals surface area contributed by atoms with Gasteiger partial charge in [0.05, 0.1) is 0 Å². The molecule has 0 fully saturated rings. The number of thiophene rings is 1. The van der Waals surface area contributed by atoms with Crippen molar-refractivity contribution in [2.24, 2.45) is 0 Å². The van der Waals surface area contributed by atoms with Gasteiger partial charge in [-0.2, -0.15) is 0 Å². The molecule has 1 unspecified atom stereocenters. The summed E-state index contributed by atoms with van der Waals surface area (Å²) in [5, 5.41) is 6.03. The van der Waals surface area contributed by atoms with Gasteiger partial charge in [0, 0.05) is 10.9 Å². The van der Waals surface area contributed by atoms with E-state index in [4.69, 9.17) is 0 Å². The summed E-state index contributed by atoms with van der Waals surface area (Å²) in [6, 6.07) is 13.9. The lowest BCUT2D eigenvalue weighted by atomic mass is 10.1. The van der Waals surface area contributed by atoms with Crippen molar-refractivity contribution in [3.8, 4) is 0 Å². The van der Waals surface area contributed by atoms with Crippen LogP contribution in [-0.4, -0.2) is 12.6 Å². The lowest BCUT2D eigenvalue weighted by Crippen LogP contribution is -2.30. The fourth-order valence-electron chi connectivity index (χ4n) is 3.20. The SMILES string of the molecule is c1ccc(CCCCNC2CCc3ccsc3CC2)cc1. The first kappa shape index (κ1) is 14.8. The zero-order valence-electron chi connectivity index (χ0n) is 12.7. The Morgan fingerprint density at radius 2 is 1.86 bits per heavy atom. The number of hydrogen-bond donors (Lipinski definition) is 1. The first-order valence-electron chi connectivity index (χ1n) is 8.24. The van der Waals surface area contributed by atoms with Crippen molar-refractivity contribution in [3.05, 3.63) is 57.8 Å². The fraction of sp³-hybridized carbons (Fsp3) is 0.474. The molecule has 3 rings (SSSR count). The van der Waals surface area contributed by atoms with E-state index in [2.05, 4.69) is 47.1 Å². The van der Waals surface area contributed by atoms with E-state index < -0.39 is 0 Å². The van der Waals surface area contributed by atoms with Crippen molar-refractivity contribution in [1.82, 2.24) is 5.32 Å². The molecule has 0 amide bonds. The number of rotatable bonds is 6. The summed E-state index contributed by atoms with van der Waals surface area (Å²) in [5.41, 5.74) is 3.07. The molecule has 1 aromatic carbocycles. The summed E-state index contributed by atoms with van der Waals surface area (Å²) in [4.78, 5) is 1.63. The molecule has 112 valence electrons. The maximum absolute atomic E-state index is 3.78. The summed E-state index contributed by atoms with van der Waals surface area (Å²) in [7, 11) is 0. The monoisotopic (exact) mass is 299 g/mol. The highest BCUT2D eigenvalue weighted by molar-refractivity contribution is 7.10. The van der Waals surface area contributed by atoms with Gasteiger partial charge in [-0.1, -0.05) is 30.3 Å². The molecule has 0 saturated heterocycles. The van der Waals surface area contributed by atoms with Gasteiger partial charge in [0.15, 0.2) is 0 Å². The van der Waals surface area contributed by atoms with Gasteiger partial charge in [0.25, 0.3) is 0 Å². The first-order chi connectivity index (χ1) is 10.4. The van der Waals surface area contributed by atoms with E-state index in [-0.39, 0.29) is 0 Å². The van der Waals surface area contributed by atoms with Crippen LogP contribution in [0.1, 0.15) is 41.7 Å². The van der Waals surface area contributed by atoms with Crippen LogP contribution in [0.25, 0.3) is 0 Å². The minimum atomic E-state index is 0.723. The quantitative estimate of drug-likeness (QED) is 0.607. The summed E-state index contributed by atoms with van der Waals surface area (Å²) in [6.07, 6.45) is 8.94. The predicted molar refractivity (Wildman–Crippen MR) is 92.1 cm³/mol. The third-order valence-corrected chi connectivity index (χ3v) is 5.51. The fourth-order valence-corrected chi connectivity index (χ4v) is 4.15. The maximum atomic E-state index is 3.78. The minimum absolute atomic E-state index is 0.723.